The van der Waals surface area contributed by atoms with Crippen LogP contribution in [-0.2, 0) is 21.6 Å². The molecular formula is C8H8ClO4S. The van der Waals surface area contributed by atoms with Crippen molar-refractivity contribution >= 4 is 21.7 Å². The Labute approximate surface area is 86.9 Å². The molecule has 0 fully saturated rings. The van der Waals surface area contributed by atoms with Crippen molar-refractivity contribution in [3.05, 3.63) is 28.8 Å². The monoisotopic (exact) mass is 235 g/mol. The molecule has 14 heavy (non-hydrogen) atoms. The summed E-state index contributed by atoms with van der Waals surface area (Å²) < 4.78 is 30.6. The molecule has 0 saturated carbocycles. The first-order valence-corrected chi connectivity index (χ1v) is 5.61. The lowest BCUT2D eigenvalue weighted by Crippen LogP contribution is -2.04. The van der Waals surface area contributed by atoms with Gasteiger partial charge in [0.1, 0.15) is 0 Å². The highest BCUT2D eigenvalue weighted by Gasteiger charge is 2.15. The van der Waals surface area contributed by atoms with Gasteiger partial charge in [0.2, 0.25) is 0 Å². The van der Waals surface area contributed by atoms with Crippen LogP contribution in [0.4, 0.5) is 0 Å². The fourth-order valence-electron chi connectivity index (χ4n) is 1.09. The van der Waals surface area contributed by atoms with E-state index >= 15 is 0 Å². The second-order valence-electron chi connectivity index (χ2n) is 2.68. The van der Waals surface area contributed by atoms with Crippen LogP contribution in [0, 0.1) is 0 Å². The SMILES string of the molecule is [O]CCc1ccc(Cl)cc1S(=O)(=O)O. The van der Waals surface area contributed by atoms with E-state index in [1.54, 1.807) is 0 Å². The molecule has 77 valence electrons. The minimum absolute atomic E-state index is 0.0479. The molecule has 0 saturated heterocycles. The van der Waals surface area contributed by atoms with E-state index in [-0.39, 0.29) is 21.9 Å². The van der Waals surface area contributed by atoms with E-state index in [0.29, 0.717) is 0 Å². The van der Waals surface area contributed by atoms with Crippen LogP contribution in [-0.4, -0.2) is 19.6 Å². The van der Waals surface area contributed by atoms with Crippen molar-refractivity contribution in [3.8, 4) is 0 Å². The Morgan fingerprint density at radius 3 is 2.50 bits per heavy atom. The lowest BCUT2D eigenvalue weighted by atomic mass is 10.2. The molecule has 0 aromatic heterocycles. The van der Waals surface area contributed by atoms with E-state index < -0.39 is 16.7 Å². The largest absolute Gasteiger partial charge is 0.294 e. The molecule has 4 nitrogen and oxygen atoms in total. The number of rotatable bonds is 3. The van der Waals surface area contributed by atoms with Gasteiger partial charge in [-0.1, -0.05) is 17.7 Å². The average molecular weight is 236 g/mol. The van der Waals surface area contributed by atoms with E-state index in [9.17, 15) is 13.5 Å². The van der Waals surface area contributed by atoms with Crippen LogP contribution >= 0.6 is 11.6 Å². The zero-order valence-corrected chi connectivity index (χ0v) is 8.68. The quantitative estimate of drug-likeness (QED) is 0.808. The standard InChI is InChI=1S/C8H8ClO4S/c9-7-2-1-6(3-4-10)8(5-7)14(11,12)13/h1-2,5H,3-4H2,(H,11,12,13). The van der Waals surface area contributed by atoms with Crippen LogP contribution in [0.5, 0.6) is 0 Å². The molecule has 0 atom stereocenters. The summed E-state index contributed by atoms with van der Waals surface area (Å²) in [5.41, 5.74) is 0.284. The van der Waals surface area contributed by atoms with Gasteiger partial charge in [-0.05, 0) is 17.7 Å². The van der Waals surface area contributed by atoms with Crippen molar-refractivity contribution in [1.82, 2.24) is 0 Å². The van der Waals surface area contributed by atoms with Crippen LogP contribution < -0.4 is 0 Å². The Kier molecular flexibility index (Phi) is 3.49. The molecule has 0 aliphatic rings. The molecule has 1 aromatic carbocycles. The van der Waals surface area contributed by atoms with Gasteiger partial charge in [0.25, 0.3) is 10.1 Å². The lowest BCUT2D eigenvalue weighted by molar-refractivity contribution is 0.196. The van der Waals surface area contributed by atoms with Gasteiger partial charge in [-0.2, -0.15) is 8.42 Å². The maximum absolute atomic E-state index is 10.9. The van der Waals surface area contributed by atoms with Gasteiger partial charge >= 0.3 is 0 Å². The summed E-state index contributed by atoms with van der Waals surface area (Å²) in [5.74, 6) is 0. The van der Waals surface area contributed by atoms with Crippen LogP contribution in [0.3, 0.4) is 0 Å². The Morgan fingerprint density at radius 2 is 2.00 bits per heavy atom. The highest BCUT2D eigenvalue weighted by atomic mass is 35.5. The third-order valence-electron chi connectivity index (χ3n) is 1.68. The molecule has 0 aliphatic heterocycles. The number of hydrogen-bond acceptors (Lipinski definition) is 2. The molecule has 0 unspecified atom stereocenters. The molecule has 1 radical (unpaired) electrons. The molecule has 0 spiro atoms. The first-order valence-electron chi connectivity index (χ1n) is 3.79. The van der Waals surface area contributed by atoms with E-state index in [0.717, 1.165) is 6.07 Å². The molecule has 1 N–H and O–H groups in total. The van der Waals surface area contributed by atoms with Crippen LogP contribution in [0.25, 0.3) is 0 Å². The van der Waals surface area contributed by atoms with E-state index in [4.69, 9.17) is 16.2 Å². The topological polar surface area (TPSA) is 74.3 Å². The van der Waals surface area contributed by atoms with Crippen LogP contribution in [0.2, 0.25) is 5.02 Å². The Bertz CT molecular complexity index is 427. The lowest BCUT2D eigenvalue weighted by Gasteiger charge is -2.05. The average Bonchev–Trinajstić information content (AvgIpc) is 2.07. The molecule has 0 aliphatic carbocycles. The Morgan fingerprint density at radius 1 is 1.36 bits per heavy atom. The number of benzene rings is 1. The molecule has 6 heteroatoms. The van der Waals surface area contributed by atoms with Crippen LogP contribution in [0.1, 0.15) is 5.56 Å². The Hall–Kier alpha value is -0.620. The normalized spacial score (nSPS) is 11.6. The highest BCUT2D eigenvalue weighted by molar-refractivity contribution is 7.85. The maximum Gasteiger partial charge on any atom is 0.294 e. The van der Waals surface area contributed by atoms with Gasteiger partial charge in [0, 0.05) is 11.4 Å². The summed E-state index contributed by atoms with van der Waals surface area (Å²) in [6.07, 6.45) is 0.0479. The maximum atomic E-state index is 10.9. The van der Waals surface area contributed by atoms with E-state index in [2.05, 4.69) is 0 Å². The van der Waals surface area contributed by atoms with Crippen molar-refractivity contribution in [3.63, 3.8) is 0 Å². The summed E-state index contributed by atoms with van der Waals surface area (Å²) in [7, 11) is -4.30. The van der Waals surface area contributed by atoms with E-state index in [1.165, 1.54) is 12.1 Å². The fraction of sp³-hybridized carbons (Fsp3) is 0.250. The summed E-state index contributed by atoms with van der Waals surface area (Å²) in [4.78, 5) is -0.291. The third-order valence-corrected chi connectivity index (χ3v) is 2.85. The van der Waals surface area contributed by atoms with Gasteiger partial charge in [0.05, 0.1) is 11.5 Å². The minimum Gasteiger partial charge on any atom is -0.282 e. The third kappa shape index (κ3) is 2.68. The van der Waals surface area contributed by atoms with Crippen molar-refractivity contribution in [1.29, 1.82) is 0 Å². The zero-order valence-electron chi connectivity index (χ0n) is 7.10. The van der Waals surface area contributed by atoms with Crippen molar-refractivity contribution in [2.45, 2.75) is 11.3 Å². The van der Waals surface area contributed by atoms with Crippen molar-refractivity contribution < 1.29 is 18.1 Å². The molecule has 1 rings (SSSR count). The van der Waals surface area contributed by atoms with E-state index in [1.807, 2.05) is 0 Å². The number of halogens is 1. The van der Waals surface area contributed by atoms with Gasteiger partial charge < -0.3 is 0 Å². The first-order chi connectivity index (χ1) is 6.45. The summed E-state index contributed by atoms with van der Waals surface area (Å²) >= 11 is 5.57. The second kappa shape index (κ2) is 4.27. The minimum atomic E-state index is -4.30. The van der Waals surface area contributed by atoms with Gasteiger partial charge in [-0.15, -0.1) is 0 Å². The molecule has 0 amide bonds. The summed E-state index contributed by atoms with van der Waals surface area (Å²) in [6, 6.07) is 4.02. The Balaban J connectivity index is 3.30. The molecule has 1 aromatic rings. The second-order valence-corrected chi connectivity index (χ2v) is 4.51. The van der Waals surface area contributed by atoms with Gasteiger partial charge in [-0.25, -0.2) is 5.11 Å². The molecular weight excluding hydrogens is 228 g/mol. The molecule has 0 heterocycles. The van der Waals surface area contributed by atoms with Gasteiger partial charge in [0.15, 0.2) is 0 Å². The van der Waals surface area contributed by atoms with Gasteiger partial charge in [-0.3, -0.25) is 4.55 Å². The molecule has 0 bridgehead atoms. The van der Waals surface area contributed by atoms with Crippen LogP contribution in [0.15, 0.2) is 23.1 Å². The van der Waals surface area contributed by atoms with Crippen molar-refractivity contribution in [2.75, 3.05) is 6.61 Å². The zero-order chi connectivity index (χ0) is 10.8. The van der Waals surface area contributed by atoms with Crippen molar-refractivity contribution in [2.24, 2.45) is 0 Å². The first kappa shape index (κ1) is 11.5. The smallest absolute Gasteiger partial charge is 0.282 e. The summed E-state index contributed by atoms with van der Waals surface area (Å²) in [5, 5.41) is 10.6. The summed E-state index contributed by atoms with van der Waals surface area (Å²) in [6.45, 7) is -0.440. The highest BCUT2D eigenvalue weighted by Crippen LogP contribution is 2.20. The fourth-order valence-corrected chi connectivity index (χ4v) is 2.10. The predicted molar refractivity (Wildman–Crippen MR) is 50.5 cm³/mol. The predicted octanol–water partition coefficient (Wildman–Crippen LogP) is 1.56. The number of hydrogen-bond donors (Lipinski definition) is 1.